The van der Waals surface area contributed by atoms with Gasteiger partial charge in [-0.1, -0.05) is 0 Å². The van der Waals surface area contributed by atoms with Crippen LogP contribution in [0, 0.1) is 0 Å². The van der Waals surface area contributed by atoms with Gasteiger partial charge in [0.25, 0.3) is 5.95 Å². The molecule has 2 aromatic rings. The van der Waals surface area contributed by atoms with Gasteiger partial charge in [0, 0.05) is 25.8 Å². The Morgan fingerprint density at radius 3 is 2.32 bits per heavy atom. The van der Waals surface area contributed by atoms with Crippen molar-refractivity contribution >= 4 is 17.3 Å². The topological polar surface area (TPSA) is 58.7 Å². The van der Waals surface area contributed by atoms with Crippen molar-refractivity contribution in [1.82, 2.24) is 14.8 Å². The number of aryl methyl sites for hydroxylation is 1. The molecule has 6 nitrogen and oxygen atoms in total. The Kier molecular flexibility index (Phi) is 4.22. The van der Waals surface area contributed by atoms with E-state index in [9.17, 15) is 0 Å². The van der Waals surface area contributed by atoms with Gasteiger partial charge in [0.15, 0.2) is 0 Å². The van der Waals surface area contributed by atoms with Gasteiger partial charge in [0.2, 0.25) is 0 Å². The number of benzene rings is 1. The van der Waals surface area contributed by atoms with E-state index in [1.165, 1.54) is 5.69 Å². The zero-order chi connectivity index (χ0) is 13.7. The zero-order valence-corrected chi connectivity index (χ0v) is 11.5. The molecule has 0 spiro atoms. The Labute approximate surface area is 112 Å². The van der Waals surface area contributed by atoms with Crippen LogP contribution in [-0.4, -0.2) is 27.9 Å². The van der Waals surface area contributed by atoms with E-state index in [2.05, 4.69) is 51.3 Å². The van der Waals surface area contributed by atoms with E-state index in [4.69, 9.17) is 0 Å². The highest BCUT2D eigenvalue weighted by molar-refractivity contribution is 5.52. The highest BCUT2D eigenvalue weighted by Crippen LogP contribution is 2.21. The third-order valence-corrected chi connectivity index (χ3v) is 2.92. The fourth-order valence-electron chi connectivity index (χ4n) is 1.79. The predicted molar refractivity (Wildman–Crippen MR) is 75.2 cm³/mol. The van der Waals surface area contributed by atoms with Crippen LogP contribution in [0.1, 0.15) is 13.8 Å². The van der Waals surface area contributed by atoms with Crippen LogP contribution >= 0.6 is 0 Å². The molecule has 0 unspecified atom stereocenters. The number of hydrogen-bond donors (Lipinski definition) is 0. The zero-order valence-electron chi connectivity index (χ0n) is 11.5. The fraction of sp³-hybridized carbons (Fsp3) is 0.385. The van der Waals surface area contributed by atoms with Gasteiger partial charge in [-0.3, -0.25) is 0 Å². The van der Waals surface area contributed by atoms with Gasteiger partial charge in [0.05, 0.1) is 5.69 Å². The highest BCUT2D eigenvalue weighted by atomic mass is 15.3. The van der Waals surface area contributed by atoms with E-state index in [0.717, 1.165) is 18.8 Å². The normalized spacial score (nSPS) is 11.1. The molecule has 0 bridgehead atoms. The van der Waals surface area contributed by atoms with Crippen LogP contribution in [0.25, 0.3) is 0 Å². The first-order chi connectivity index (χ1) is 9.24. The van der Waals surface area contributed by atoms with Crippen molar-refractivity contribution in [2.75, 3.05) is 18.0 Å². The van der Waals surface area contributed by atoms with Gasteiger partial charge < -0.3 is 9.47 Å². The first-order valence-electron chi connectivity index (χ1n) is 6.35. The minimum atomic E-state index is 0.493. The standard InChI is InChI=1S/C13H18N6/c1-4-19(5-2)12-8-6-11(7-9-12)15-17-13-16-14-10-18(13)3/h6-10H,4-5H2,1-3H3/b17-15+. The molecule has 0 amide bonds. The molecule has 0 aliphatic carbocycles. The van der Waals surface area contributed by atoms with Gasteiger partial charge in [-0.25, -0.2) is 0 Å². The summed E-state index contributed by atoms with van der Waals surface area (Å²) < 4.78 is 1.72. The summed E-state index contributed by atoms with van der Waals surface area (Å²) in [6.07, 6.45) is 1.60. The Morgan fingerprint density at radius 2 is 1.79 bits per heavy atom. The van der Waals surface area contributed by atoms with Crippen LogP contribution in [0.2, 0.25) is 0 Å². The number of anilines is 1. The molecule has 0 radical (unpaired) electrons. The molecule has 0 fully saturated rings. The second kappa shape index (κ2) is 6.08. The lowest BCUT2D eigenvalue weighted by Gasteiger charge is -2.20. The van der Waals surface area contributed by atoms with Gasteiger partial charge >= 0.3 is 0 Å². The van der Waals surface area contributed by atoms with E-state index >= 15 is 0 Å². The molecule has 100 valence electrons. The van der Waals surface area contributed by atoms with E-state index in [-0.39, 0.29) is 0 Å². The second-order valence-electron chi connectivity index (χ2n) is 4.13. The summed E-state index contributed by atoms with van der Waals surface area (Å²) in [5.74, 6) is 0.493. The molecule has 0 aliphatic rings. The number of hydrogen-bond acceptors (Lipinski definition) is 5. The summed E-state index contributed by atoms with van der Waals surface area (Å²) in [6, 6.07) is 8.01. The predicted octanol–water partition coefficient (Wildman–Crippen LogP) is 3.08. The van der Waals surface area contributed by atoms with Crippen molar-refractivity contribution < 1.29 is 0 Å². The smallest absolute Gasteiger partial charge is 0.269 e. The number of azo groups is 1. The Bertz CT molecular complexity index is 539. The molecule has 2 rings (SSSR count). The SMILES string of the molecule is CCN(CC)c1ccc(/N=N/c2nncn2C)cc1. The molecule has 0 N–H and O–H groups in total. The molecule has 1 aromatic carbocycles. The summed E-state index contributed by atoms with van der Waals surface area (Å²) in [5, 5.41) is 15.8. The van der Waals surface area contributed by atoms with E-state index < -0.39 is 0 Å². The maximum Gasteiger partial charge on any atom is 0.269 e. The average molecular weight is 258 g/mol. The lowest BCUT2D eigenvalue weighted by Crippen LogP contribution is -2.21. The minimum absolute atomic E-state index is 0.493. The first kappa shape index (κ1) is 13.2. The molecule has 0 saturated heterocycles. The van der Waals surface area contributed by atoms with Crippen LogP contribution < -0.4 is 4.90 Å². The molecular weight excluding hydrogens is 240 g/mol. The van der Waals surface area contributed by atoms with Gasteiger partial charge in [-0.05, 0) is 38.1 Å². The Hall–Kier alpha value is -2.24. The van der Waals surface area contributed by atoms with Crippen molar-refractivity contribution in [1.29, 1.82) is 0 Å². The molecule has 1 heterocycles. The largest absolute Gasteiger partial charge is 0.372 e. The summed E-state index contributed by atoms with van der Waals surface area (Å²) in [4.78, 5) is 2.28. The lowest BCUT2D eigenvalue weighted by atomic mass is 10.2. The third kappa shape index (κ3) is 3.15. The lowest BCUT2D eigenvalue weighted by molar-refractivity contribution is 0.866. The van der Waals surface area contributed by atoms with Gasteiger partial charge in [0.1, 0.15) is 6.33 Å². The van der Waals surface area contributed by atoms with Crippen LogP contribution in [0.3, 0.4) is 0 Å². The summed E-state index contributed by atoms with van der Waals surface area (Å²) in [7, 11) is 1.83. The van der Waals surface area contributed by atoms with E-state index in [1.54, 1.807) is 10.9 Å². The fourth-order valence-corrected chi connectivity index (χ4v) is 1.79. The summed E-state index contributed by atoms with van der Waals surface area (Å²) in [6.45, 7) is 6.28. The molecule has 0 aliphatic heterocycles. The van der Waals surface area contributed by atoms with Crippen LogP contribution in [0.4, 0.5) is 17.3 Å². The number of aromatic nitrogens is 3. The first-order valence-corrected chi connectivity index (χ1v) is 6.35. The van der Waals surface area contributed by atoms with Crippen molar-refractivity contribution in [3.63, 3.8) is 0 Å². The van der Waals surface area contributed by atoms with Crippen LogP contribution in [0.5, 0.6) is 0 Å². The molecule has 6 heteroatoms. The van der Waals surface area contributed by atoms with E-state index in [0.29, 0.717) is 5.95 Å². The number of rotatable bonds is 5. The monoisotopic (exact) mass is 258 g/mol. The number of nitrogens with zero attached hydrogens (tertiary/aromatic N) is 6. The van der Waals surface area contributed by atoms with Crippen LogP contribution in [0.15, 0.2) is 40.8 Å². The summed E-state index contributed by atoms with van der Waals surface area (Å²) in [5.41, 5.74) is 2.00. The molecular formula is C13H18N6. The highest BCUT2D eigenvalue weighted by Gasteiger charge is 2.01. The maximum atomic E-state index is 4.14. The van der Waals surface area contributed by atoms with Crippen molar-refractivity contribution in [3.05, 3.63) is 30.6 Å². The van der Waals surface area contributed by atoms with E-state index in [1.807, 2.05) is 19.2 Å². The second-order valence-corrected chi connectivity index (χ2v) is 4.13. The molecule has 1 aromatic heterocycles. The van der Waals surface area contributed by atoms with Crippen molar-refractivity contribution in [2.45, 2.75) is 13.8 Å². The van der Waals surface area contributed by atoms with Crippen molar-refractivity contribution in [3.8, 4) is 0 Å². The van der Waals surface area contributed by atoms with Gasteiger partial charge in [-0.15, -0.1) is 20.4 Å². The van der Waals surface area contributed by atoms with Crippen molar-refractivity contribution in [2.24, 2.45) is 17.3 Å². The van der Waals surface area contributed by atoms with Crippen LogP contribution in [-0.2, 0) is 7.05 Å². The Balaban J connectivity index is 2.11. The average Bonchev–Trinajstić information content (AvgIpc) is 2.85. The summed E-state index contributed by atoms with van der Waals surface area (Å²) >= 11 is 0. The third-order valence-electron chi connectivity index (χ3n) is 2.92. The Morgan fingerprint density at radius 1 is 1.11 bits per heavy atom. The molecule has 0 saturated carbocycles. The molecule has 19 heavy (non-hydrogen) atoms. The van der Waals surface area contributed by atoms with Gasteiger partial charge in [-0.2, -0.15) is 0 Å². The molecule has 0 atom stereocenters. The maximum absolute atomic E-state index is 4.14. The quantitative estimate of drug-likeness (QED) is 0.774. The minimum Gasteiger partial charge on any atom is -0.372 e.